The second kappa shape index (κ2) is 4.23. The van der Waals surface area contributed by atoms with Crippen LogP contribution in [0.25, 0.3) is 0 Å². The Bertz CT molecular complexity index is 324. The van der Waals surface area contributed by atoms with Crippen molar-refractivity contribution in [2.24, 2.45) is 0 Å². The van der Waals surface area contributed by atoms with Gasteiger partial charge in [0.2, 0.25) is 5.82 Å². The van der Waals surface area contributed by atoms with E-state index in [2.05, 4.69) is 15.2 Å². The fraction of sp³-hybridized carbons (Fsp3) is 0.556. The third kappa shape index (κ3) is 1.93. The van der Waals surface area contributed by atoms with Gasteiger partial charge in [0.1, 0.15) is 0 Å². The Kier molecular flexibility index (Phi) is 2.78. The zero-order valence-corrected chi connectivity index (χ0v) is 7.72. The standard InChI is InChI=1S/C9H11N3O2/c13-6-9-11-8(5-10-12-9)7-1-3-14-4-2-7/h5-7H,1-4H2. The van der Waals surface area contributed by atoms with Crippen LogP contribution in [0.1, 0.15) is 35.1 Å². The highest BCUT2D eigenvalue weighted by atomic mass is 16.5. The second-order valence-electron chi connectivity index (χ2n) is 3.24. The van der Waals surface area contributed by atoms with Crippen LogP contribution in [0, 0.1) is 0 Å². The minimum Gasteiger partial charge on any atom is -0.381 e. The number of ether oxygens (including phenoxy) is 1. The quantitative estimate of drug-likeness (QED) is 0.643. The summed E-state index contributed by atoms with van der Waals surface area (Å²) in [5.41, 5.74) is 0.852. The first-order valence-corrected chi connectivity index (χ1v) is 4.62. The van der Waals surface area contributed by atoms with Gasteiger partial charge in [-0.05, 0) is 12.8 Å². The molecule has 1 aromatic heterocycles. The Morgan fingerprint density at radius 2 is 2.21 bits per heavy atom. The van der Waals surface area contributed by atoms with Gasteiger partial charge < -0.3 is 4.74 Å². The van der Waals surface area contributed by atoms with E-state index in [1.165, 1.54) is 0 Å². The van der Waals surface area contributed by atoms with Crippen molar-refractivity contribution < 1.29 is 9.53 Å². The number of nitrogens with zero attached hydrogens (tertiary/aromatic N) is 3. The maximum Gasteiger partial charge on any atom is 0.214 e. The normalized spacial score (nSPS) is 18.0. The van der Waals surface area contributed by atoms with Crippen LogP contribution in [-0.2, 0) is 4.74 Å². The molecule has 1 aliphatic rings. The van der Waals surface area contributed by atoms with Gasteiger partial charge in [0, 0.05) is 19.1 Å². The third-order valence-electron chi connectivity index (χ3n) is 2.34. The average Bonchev–Trinajstić information content (AvgIpc) is 2.30. The summed E-state index contributed by atoms with van der Waals surface area (Å²) in [5.74, 6) is 0.520. The molecule has 0 atom stereocenters. The minimum absolute atomic E-state index is 0.161. The number of carbonyl (C=O) groups is 1. The minimum atomic E-state index is 0.161. The fourth-order valence-electron chi connectivity index (χ4n) is 1.57. The van der Waals surface area contributed by atoms with E-state index in [1.54, 1.807) is 6.20 Å². The monoisotopic (exact) mass is 193 g/mol. The van der Waals surface area contributed by atoms with Crippen molar-refractivity contribution in [1.29, 1.82) is 0 Å². The van der Waals surface area contributed by atoms with Gasteiger partial charge in [0.25, 0.3) is 0 Å². The number of aromatic nitrogens is 3. The first-order chi connectivity index (χ1) is 6.90. The molecule has 0 aromatic carbocycles. The summed E-state index contributed by atoms with van der Waals surface area (Å²) >= 11 is 0. The van der Waals surface area contributed by atoms with Crippen LogP contribution in [0.4, 0.5) is 0 Å². The molecule has 0 spiro atoms. The van der Waals surface area contributed by atoms with E-state index in [1.807, 2.05) is 0 Å². The number of hydrogen-bond acceptors (Lipinski definition) is 5. The van der Waals surface area contributed by atoms with Crippen LogP contribution < -0.4 is 0 Å². The summed E-state index contributed by atoms with van der Waals surface area (Å²) in [6.07, 6.45) is 4.13. The van der Waals surface area contributed by atoms with Gasteiger partial charge in [-0.25, -0.2) is 4.98 Å². The van der Waals surface area contributed by atoms with Crippen LogP contribution >= 0.6 is 0 Å². The number of carbonyl (C=O) groups excluding carboxylic acids is 1. The maximum absolute atomic E-state index is 10.5. The van der Waals surface area contributed by atoms with Gasteiger partial charge in [0.15, 0.2) is 6.29 Å². The second-order valence-corrected chi connectivity index (χ2v) is 3.24. The maximum atomic E-state index is 10.5. The van der Waals surface area contributed by atoms with Crippen molar-refractivity contribution in [2.75, 3.05) is 13.2 Å². The first-order valence-electron chi connectivity index (χ1n) is 4.62. The van der Waals surface area contributed by atoms with E-state index in [9.17, 15) is 4.79 Å². The smallest absolute Gasteiger partial charge is 0.214 e. The van der Waals surface area contributed by atoms with E-state index in [-0.39, 0.29) is 5.82 Å². The molecule has 1 aromatic rings. The van der Waals surface area contributed by atoms with Crippen molar-refractivity contribution in [3.63, 3.8) is 0 Å². The van der Waals surface area contributed by atoms with Crippen molar-refractivity contribution >= 4 is 6.29 Å². The van der Waals surface area contributed by atoms with E-state index >= 15 is 0 Å². The fourth-order valence-corrected chi connectivity index (χ4v) is 1.57. The zero-order valence-electron chi connectivity index (χ0n) is 7.72. The molecule has 0 saturated carbocycles. The molecule has 0 bridgehead atoms. The highest BCUT2D eigenvalue weighted by Crippen LogP contribution is 2.24. The molecule has 1 saturated heterocycles. The first kappa shape index (κ1) is 9.21. The average molecular weight is 193 g/mol. The van der Waals surface area contributed by atoms with Gasteiger partial charge in [-0.1, -0.05) is 0 Å². The SMILES string of the molecule is O=Cc1nncc(C2CCOCC2)n1. The molecule has 74 valence electrons. The van der Waals surface area contributed by atoms with E-state index in [0.717, 1.165) is 31.7 Å². The third-order valence-corrected chi connectivity index (χ3v) is 2.34. The lowest BCUT2D eigenvalue weighted by Gasteiger charge is -2.20. The summed E-state index contributed by atoms with van der Waals surface area (Å²) in [5, 5.41) is 7.34. The molecule has 2 heterocycles. The zero-order chi connectivity index (χ0) is 9.80. The Morgan fingerprint density at radius 1 is 1.43 bits per heavy atom. The highest BCUT2D eigenvalue weighted by molar-refractivity contribution is 5.68. The van der Waals surface area contributed by atoms with E-state index in [4.69, 9.17) is 4.74 Å². The van der Waals surface area contributed by atoms with Gasteiger partial charge >= 0.3 is 0 Å². The summed E-state index contributed by atoms with van der Waals surface area (Å²) in [6.45, 7) is 1.51. The summed E-state index contributed by atoms with van der Waals surface area (Å²) in [4.78, 5) is 14.6. The van der Waals surface area contributed by atoms with Gasteiger partial charge in [-0.15, -0.1) is 5.10 Å². The van der Waals surface area contributed by atoms with Crippen molar-refractivity contribution in [3.8, 4) is 0 Å². The van der Waals surface area contributed by atoms with E-state index < -0.39 is 0 Å². The molecule has 5 nitrogen and oxygen atoms in total. The van der Waals surface area contributed by atoms with E-state index in [0.29, 0.717) is 12.2 Å². The molecular formula is C9H11N3O2. The number of aldehydes is 1. The van der Waals surface area contributed by atoms with Crippen LogP contribution in [-0.4, -0.2) is 34.7 Å². The number of hydrogen-bond donors (Lipinski definition) is 0. The molecular weight excluding hydrogens is 182 g/mol. The van der Waals surface area contributed by atoms with Crippen LogP contribution in [0.5, 0.6) is 0 Å². The summed E-state index contributed by atoms with van der Waals surface area (Å²) in [7, 11) is 0. The molecule has 14 heavy (non-hydrogen) atoms. The lowest BCUT2D eigenvalue weighted by Crippen LogP contribution is -2.16. The number of rotatable bonds is 2. The molecule has 2 rings (SSSR count). The van der Waals surface area contributed by atoms with Gasteiger partial charge in [0.05, 0.1) is 11.9 Å². The van der Waals surface area contributed by atoms with Gasteiger partial charge in [-0.2, -0.15) is 5.10 Å². The Morgan fingerprint density at radius 3 is 2.93 bits per heavy atom. The lowest BCUT2D eigenvalue weighted by atomic mass is 9.97. The highest BCUT2D eigenvalue weighted by Gasteiger charge is 2.17. The Labute approximate surface area is 81.5 Å². The van der Waals surface area contributed by atoms with Crippen LogP contribution in [0.2, 0.25) is 0 Å². The predicted octanol–water partition coefficient (Wildman–Crippen LogP) is 0.578. The van der Waals surface area contributed by atoms with Crippen LogP contribution in [0.3, 0.4) is 0 Å². The molecule has 5 heteroatoms. The molecule has 1 fully saturated rings. The molecule has 1 aliphatic heterocycles. The Balaban J connectivity index is 2.17. The van der Waals surface area contributed by atoms with Crippen molar-refractivity contribution in [1.82, 2.24) is 15.2 Å². The summed E-state index contributed by atoms with van der Waals surface area (Å²) < 4.78 is 5.24. The predicted molar refractivity (Wildman–Crippen MR) is 48.0 cm³/mol. The van der Waals surface area contributed by atoms with Crippen molar-refractivity contribution in [3.05, 3.63) is 17.7 Å². The topological polar surface area (TPSA) is 65.0 Å². The molecule has 0 unspecified atom stereocenters. The van der Waals surface area contributed by atoms with Crippen LogP contribution in [0.15, 0.2) is 6.20 Å². The lowest BCUT2D eigenvalue weighted by molar-refractivity contribution is 0.0843. The molecule has 0 N–H and O–H groups in total. The Hall–Kier alpha value is -1.36. The molecule has 0 aliphatic carbocycles. The largest absolute Gasteiger partial charge is 0.381 e. The van der Waals surface area contributed by atoms with Crippen molar-refractivity contribution in [2.45, 2.75) is 18.8 Å². The molecule has 0 amide bonds. The van der Waals surface area contributed by atoms with Gasteiger partial charge in [-0.3, -0.25) is 4.79 Å². The summed E-state index contributed by atoms with van der Waals surface area (Å²) in [6, 6.07) is 0. The molecule has 0 radical (unpaired) electrons.